The molecule has 0 radical (unpaired) electrons. The smallest absolute Gasteiger partial charge is 0.399 e. The van der Waals surface area contributed by atoms with Crippen LogP contribution in [0.25, 0.3) is 11.3 Å². The van der Waals surface area contributed by atoms with Gasteiger partial charge in [0.05, 0.1) is 35.7 Å². The average Bonchev–Trinajstić information content (AvgIpc) is 2.96. The monoisotopic (exact) mass is 375 g/mol. The largest absolute Gasteiger partial charge is 0.499 e. The van der Waals surface area contributed by atoms with E-state index in [1.807, 2.05) is 46.2 Å². The molecule has 0 atom stereocenters. The summed E-state index contributed by atoms with van der Waals surface area (Å²) in [6, 6.07) is 3.48. The lowest BCUT2D eigenvalue weighted by atomic mass is 9.79. The number of hydrogen-bond donors (Lipinski definition) is 0. The Morgan fingerprint density at radius 1 is 1.15 bits per heavy atom. The molecule has 27 heavy (non-hydrogen) atoms. The molecule has 3 rings (SSSR count). The van der Waals surface area contributed by atoms with Gasteiger partial charge in [0, 0.05) is 23.8 Å². The second-order valence-corrected chi connectivity index (χ2v) is 7.93. The van der Waals surface area contributed by atoms with E-state index in [2.05, 4.69) is 10.1 Å². The van der Waals surface area contributed by atoms with Crippen LogP contribution in [0.3, 0.4) is 0 Å². The minimum atomic E-state index is -0.775. The Hall–Kier alpha value is -1.77. The van der Waals surface area contributed by atoms with Crippen LogP contribution >= 0.6 is 0 Å². The van der Waals surface area contributed by atoms with Gasteiger partial charge in [-0.3, -0.25) is 4.68 Å². The molecule has 2 aromatic heterocycles. The van der Waals surface area contributed by atoms with E-state index in [1.54, 1.807) is 19.2 Å². The molecule has 6 nitrogen and oxygen atoms in total. The summed E-state index contributed by atoms with van der Waals surface area (Å²) in [5.74, 6) is -0.588. The Morgan fingerprint density at radius 3 is 2.33 bits per heavy atom. The summed E-state index contributed by atoms with van der Waals surface area (Å²) in [7, 11) is 0.876. The van der Waals surface area contributed by atoms with E-state index in [4.69, 9.17) is 14.0 Å². The molecule has 146 valence electrons. The van der Waals surface area contributed by atoms with E-state index < -0.39 is 24.3 Å². The zero-order valence-corrected chi connectivity index (χ0v) is 17.1. The maximum Gasteiger partial charge on any atom is 0.499 e. The molecule has 8 heteroatoms. The van der Waals surface area contributed by atoms with Crippen LogP contribution in [0.4, 0.5) is 4.39 Å². The molecule has 0 unspecified atom stereocenters. The minimum Gasteiger partial charge on any atom is -0.399 e. The highest BCUT2D eigenvalue weighted by Gasteiger charge is 2.52. The van der Waals surface area contributed by atoms with Crippen molar-refractivity contribution in [3.63, 3.8) is 0 Å². The highest BCUT2D eigenvalue weighted by atomic mass is 19.1. The van der Waals surface area contributed by atoms with Crippen molar-refractivity contribution in [1.29, 1.82) is 0 Å². The van der Waals surface area contributed by atoms with Gasteiger partial charge in [-0.05, 0) is 47.6 Å². The summed E-state index contributed by atoms with van der Waals surface area (Å²) in [4.78, 5) is 4.19. The normalized spacial score (nSPS) is 18.3. The first-order valence-corrected chi connectivity index (χ1v) is 9.13. The highest BCUT2D eigenvalue weighted by molar-refractivity contribution is 6.62. The number of methoxy groups -OCH3 is 1. The summed E-state index contributed by atoms with van der Waals surface area (Å²) in [5.41, 5.74) is 2.37. The Kier molecular flexibility index (Phi) is 5.18. The number of pyridine rings is 1. The van der Waals surface area contributed by atoms with Crippen molar-refractivity contribution in [2.45, 2.75) is 59.3 Å². The van der Waals surface area contributed by atoms with Crippen LogP contribution in [-0.4, -0.2) is 46.8 Å². The molecule has 0 aliphatic carbocycles. The van der Waals surface area contributed by atoms with Crippen LogP contribution in [0, 0.1) is 19.8 Å². The molecule has 2 aromatic rings. The molecular weight excluding hydrogens is 348 g/mol. The molecule has 3 heterocycles. The van der Waals surface area contributed by atoms with E-state index in [1.165, 1.54) is 0 Å². The summed E-state index contributed by atoms with van der Waals surface area (Å²) in [6.07, 6.45) is 0. The predicted octanol–water partition coefficient (Wildman–Crippen LogP) is 2.65. The van der Waals surface area contributed by atoms with Crippen molar-refractivity contribution in [3.05, 3.63) is 29.5 Å². The fourth-order valence-corrected chi connectivity index (χ4v) is 3.19. The molecule has 0 saturated carbocycles. The number of halogens is 1. The van der Waals surface area contributed by atoms with Gasteiger partial charge in [0.15, 0.2) is 0 Å². The van der Waals surface area contributed by atoms with Gasteiger partial charge in [-0.1, -0.05) is 6.07 Å². The average molecular weight is 375 g/mol. The van der Waals surface area contributed by atoms with Crippen LogP contribution in [0.15, 0.2) is 12.1 Å². The number of aromatic nitrogens is 3. The Labute approximate surface area is 160 Å². The Balaban J connectivity index is 1.92. The summed E-state index contributed by atoms with van der Waals surface area (Å²) in [6.45, 7) is 12.8. The zero-order valence-electron chi connectivity index (χ0n) is 17.1. The highest BCUT2D eigenvalue weighted by Crippen LogP contribution is 2.36. The molecule has 0 aromatic carbocycles. The van der Waals surface area contributed by atoms with Gasteiger partial charge in [-0.2, -0.15) is 9.49 Å². The summed E-state index contributed by atoms with van der Waals surface area (Å²) in [5, 5.41) is 4.52. The lowest BCUT2D eigenvalue weighted by Gasteiger charge is -2.32. The van der Waals surface area contributed by atoms with Gasteiger partial charge in [-0.15, -0.1) is 0 Å². The minimum absolute atomic E-state index is 0.305. The molecule has 1 aliphatic rings. The first-order valence-electron chi connectivity index (χ1n) is 9.13. The lowest BCUT2D eigenvalue weighted by molar-refractivity contribution is 0.00578. The number of hydrogen-bond acceptors (Lipinski definition) is 5. The van der Waals surface area contributed by atoms with E-state index in [0.29, 0.717) is 24.3 Å². The second-order valence-electron chi connectivity index (χ2n) is 7.93. The van der Waals surface area contributed by atoms with E-state index in [0.717, 1.165) is 17.0 Å². The van der Waals surface area contributed by atoms with Crippen molar-refractivity contribution >= 4 is 12.6 Å². The van der Waals surface area contributed by atoms with Gasteiger partial charge in [-0.25, -0.2) is 4.98 Å². The Morgan fingerprint density at radius 2 is 1.78 bits per heavy atom. The van der Waals surface area contributed by atoms with Gasteiger partial charge in [0.25, 0.3) is 0 Å². The van der Waals surface area contributed by atoms with Crippen molar-refractivity contribution in [1.82, 2.24) is 14.8 Å². The van der Waals surface area contributed by atoms with Gasteiger partial charge >= 0.3 is 7.12 Å². The van der Waals surface area contributed by atoms with Gasteiger partial charge in [0.2, 0.25) is 5.95 Å². The van der Waals surface area contributed by atoms with E-state index in [9.17, 15) is 4.39 Å². The lowest BCUT2D eigenvalue weighted by Crippen LogP contribution is -2.41. The zero-order chi connectivity index (χ0) is 20.0. The fraction of sp³-hybridized carbons (Fsp3) is 0.579. The number of aryl methyl sites for hydroxylation is 1. The van der Waals surface area contributed by atoms with Gasteiger partial charge < -0.3 is 14.0 Å². The number of ether oxygens (including phenoxy) is 1. The van der Waals surface area contributed by atoms with Crippen molar-refractivity contribution in [3.8, 4) is 11.3 Å². The molecule has 0 bridgehead atoms. The van der Waals surface area contributed by atoms with Crippen LogP contribution in [-0.2, 0) is 20.6 Å². The maximum atomic E-state index is 14.8. The third-order valence-corrected chi connectivity index (χ3v) is 5.53. The quantitative estimate of drug-likeness (QED) is 0.594. The van der Waals surface area contributed by atoms with Crippen LogP contribution in [0.1, 0.15) is 39.1 Å². The molecular formula is C19H27BFN3O3. The molecule has 0 amide bonds. The molecule has 1 fully saturated rings. The second kappa shape index (κ2) is 7.00. The number of nitrogens with zero attached hydrogens (tertiary/aromatic N) is 3. The summed E-state index contributed by atoms with van der Waals surface area (Å²) < 4.78 is 33.7. The first-order chi connectivity index (χ1) is 12.6. The molecule has 1 saturated heterocycles. The third-order valence-electron chi connectivity index (χ3n) is 5.53. The fourth-order valence-electron chi connectivity index (χ4n) is 3.19. The SMILES string of the molecule is COCCn1nc(C)c(-c2ccc(B3OC(C)(C)C(C)(C)O3)c(F)n2)c1C. The number of rotatable bonds is 5. The maximum absolute atomic E-state index is 14.8. The van der Waals surface area contributed by atoms with Gasteiger partial charge in [0.1, 0.15) is 0 Å². The molecule has 1 aliphatic heterocycles. The van der Waals surface area contributed by atoms with Crippen LogP contribution in [0.5, 0.6) is 0 Å². The standard InChI is InChI=1S/C19H27BFN3O3/c1-12-16(13(2)24(23-12)10-11-25-7)15-9-8-14(17(21)22-15)20-26-18(3,4)19(5,6)27-20/h8-9H,10-11H2,1-7H3. The first kappa shape index (κ1) is 20.0. The van der Waals surface area contributed by atoms with Crippen molar-refractivity contribution in [2.75, 3.05) is 13.7 Å². The van der Waals surface area contributed by atoms with Crippen LogP contribution in [0.2, 0.25) is 0 Å². The third kappa shape index (κ3) is 3.53. The van der Waals surface area contributed by atoms with E-state index in [-0.39, 0.29) is 0 Å². The molecule has 0 N–H and O–H groups in total. The predicted molar refractivity (Wildman–Crippen MR) is 102 cm³/mol. The van der Waals surface area contributed by atoms with Crippen LogP contribution < -0.4 is 5.46 Å². The Bertz CT molecular complexity index is 835. The molecule has 0 spiro atoms. The van der Waals surface area contributed by atoms with E-state index >= 15 is 0 Å². The topological polar surface area (TPSA) is 58.4 Å². The van der Waals surface area contributed by atoms with Crippen molar-refractivity contribution in [2.24, 2.45) is 0 Å². The summed E-state index contributed by atoms with van der Waals surface area (Å²) >= 11 is 0. The van der Waals surface area contributed by atoms with Crippen molar-refractivity contribution < 1.29 is 18.4 Å².